The van der Waals surface area contributed by atoms with Crippen LogP contribution in [0.15, 0.2) is 15.9 Å². The molecule has 0 aromatic carbocycles. The lowest BCUT2D eigenvalue weighted by atomic mass is 9.82. The Morgan fingerprint density at radius 1 is 1.39 bits per heavy atom. The Kier molecular flexibility index (Phi) is 6.11. The molecule has 1 saturated carbocycles. The van der Waals surface area contributed by atoms with Gasteiger partial charge in [-0.05, 0) is 40.9 Å². The molecule has 0 aliphatic heterocycles. The quantitative estimate of drug-likeness (QED) is 0.876. The van der Waals surface area contributed by atoms with E-state index in [1.54, 1.807) is 11.3 Å². The number of nitrogens with one attached hydrogen (secondary N) is 1. The van der Waals surface area contributed by atoms with Crippen LogP contribution in [0.5, 0.6) is 0 Å². The molecule has 2 rings (SSSR count). The predicted molar refractivity (Wildman–Crippen MR) is 81.1 cm³/mol. The van der Waals surface area contributed by atoms with E-state index in [0.717, 1.165) is 34.3 Å². The molecule has 1 aromatic heterocycles. The van der Waals surface area contributed by atoms with Gasteiger partial charge in [-0.1, -0.05) is 19.3 Å². The highest BCUT2D eigenvalue weighted by molar-refractivity contribution is 9.11. The lowest BCUT2D eigenvalue weighted by Gasteiger charge is -2.31. The standard InChI is InChI=1S/C12H17BrN2OS.ClH/c13-10-5-4-9(17-10)8-15-11(16)12(14)6-2-1-3-7-12;/h4-5H,1-3,6-8,14H2,(H,15,16);1H. The van der Waals surface area contributed by atoms with Gasteiger partial charge in [-0.25, -0.2) is 0 Å². The van der Waals surface area contributed by atoms with Crippen molar-refractivity contribution in [2.75, 3.05) is 0 Å². The lowest BCUT2D eigenvalue weighted by Crippen LogP contribution is -2.54. The van der Waals surface area contributed by atoms with Gasteiger partial charge in [-0.3, -0.25) is 4.79 Å². The summed E-state index contributed by atoms with van der Waals surface area (Å²) >= 11 is 5.04. The first-order chi connectivity index (χ1) is 8.10. The number of hydrogen-bond acceptors (Lipinski definition) is 3. The molecule has 1 fully saturated rings. The second-order valence-corrected chi connectivity index (χ2v) is 7.15. The van der Waals surface area contributed by atoms with E-state index in [2.05, 4.69) is 21.2 Å². The normalized spacial score (nSPS) is 17.9. The average Bonchev–Trinajstić information content (AvgIpc) is 2.73. The third-order valence-corrected chi connectivity index (χ3v) is 4.87. The van der Waals surface area contributed by atoms with E-state index in [9.17, 15) is 4.79 Å². The van der Waals surface area contributed by atoms with E-state index in [4.69, 9.17) is 5.73 Å². The molecule has 3 N–H and O–H groups in total. The molecule has 0 radical (unpaired) electrons. The van der Waals surface area contributed by atoms with Crippen LogP contribution in [0.4, 0.5) is 0 Å². The summed E-state index contributed by atoms with van der Waals surface area (Å²) in [7, 11) is 0. The lowest BCUT2D eigenvalue weighted by molar-refractivity contribution is -0.127. The van der Waals surface area contributed by atoms with Gasteiger partial charge >= 0.3 is 0 Å². The summed E-state index contributed by atoms with van der Waals surface area (Å²) in [6.07, 6.45) is 4.95. The van der Waals surface area contributed by atoms with Crippen LogP contribution >= 0.6 is 39.7 Å². The van der Waals surface area contributed by atoms with Crippen molar-refractivity contribution in [2.24, 2.45) is 5.73 Å². The fourth-order valence-electron chi connectivity index (χ4n) is 2.20. The van der Waals surface area contributed by atoms with Crippen LogP contribution in [0.25, 0.3) is 0 Å². The van der Waals surface area contributed by atoms with Crippen molar-refractivity contribution < 1.29 is 4.79 Å². The summed E-state index contributed by atoms with van der Waals surface area (Å²) in [6, 6.07) is 4.00. The molecule has 0 unspecified atom stereocenters. The summed E-state index contributed by atoms with van der Waals surface area (Å²) < 4.78 is 1.09. The molecule has 1 aliphatic carbocycles. The summed E-state index contributed by atoms with van der Waals surface area (Å²) in [5, 5.41) is 2.95. The first-order valence-electron chi connectivity index (χ1n) is 5.91. The Labute approximate surface area is 126 Å². The summed E-state index contributed by atoms with van der Waals surface area (Å²) in [5.74, 6) is 0.00159. The fraction of sp³-hybridized carbons (Fsp3) is 0.583. The van der Waals surface area contributed by atoms with Crippen LogP contribution in [0.2, 0.25) is 0 Å². The molecule has 0 atom stereocenters. The highest BCUT2D eigenvalue weighted by Gasteiger charge is 2.34. The summed E-state index contributed by atoms with van der Waals surface area (Å²) in [6.45, 7) is 0.577. The van der Waals surface area contributed by atoms with Crippen LogP contribution in [-0.4, -0.2) is 11.4 Å². The van der Waals surface area contributed by atoms with Gasteiger partial charge in [0.25, 0.3) is 0 Å². The van der Waals surface area contributed by atoms with Crippen molar-refractivity contribution in [3.8, 4) is 0 Å². The maximum atomic E-state index is 12.1. The van der Waals surface area contributed by atoms with Gasteiger partial charge in [-0.15, -0.1) is 23.7 Å². The third kappa shape index (κ3) is 3.95. The van der Waals surface area contributed by atoms with Crippen LogP contribution in [-0.2, 0) is 11.3 Å². The zero-order valence-electron chi connectivity index (χ0n) is 10.1. The van der Waals surface area contributed by atoms with E-state index >= 15 is 0 Å². The van der Waals surface area contributed by atoms with Crippen LogP contribution in [0.3, 0.4) is 0 Å². The number of carbonyl (C=O) groups is 1. The van der Waals surface area contributed by atoms with Crippen molar-refractivity contribution >= 4 is 45.6 Å². The molecule has 1 aromatic rings. The Morgan fingerprint density at radius 3 is 2.61 bits per heavy atom. The predicted octanol–water partition coefficient (Wildman–Crippen LogP) is 3.21. The van der Waals surface area contributed by atoms with Gasteiger partial charge in [0.05, 0.1) is 15.9 Å². The minimum atomic E-state index is -0.632. The van der Waals surface area contributed by atoms with Gasteiger partial charge in [0.1, 0.15) is 0 Å². The van der Waals surface area contributed by atoms with E-state index < -0.39 is 5.54 Å². The third-order valence-electron chi connectivity index (χ3n) is 3.25. The molecule has 1 aliphatic rings. The number of rotatable bonds is 3. The monoisotopic (exact) mass is 352 g/mol. The van der Waals surface area contributed by atoms with Crippen LogP contribution in [0.1, 0.15) is 37.0 Å². The molecule has 0 spiro atoms. The smallest absolute Gasteiger partial charge is 0.240 e. The zero-order valence-corrected chi connectivity index (χ0v) is 13.3. The molecule has 18 heavy (non-hydrogen) atoms. The van der Waals surface area contributed by atoms with Gasteiger partial charge in [-0.2, -0.15) is 0 Å². The molecule has 0 saturated heterocycles. The second-order valence-electron chi connectivity index (χ2n) is 4.61. The van der Waals surface area contributed by atoms with Crippen molar-refractivity contribution in [1.29, 1.82) is 0 Å². The Morgan fingerprint density at radius 2 is 2.06 bits per heavy atom. The second kappa shape index (κ2) is 6.89. The Hall–Kier alpha value is -0.100. The number of carbonyl (C=O) groups excluding carboxylic acids is 1. The number of nitrogens with two attached hydrogens (primary N) is 1. The molecule has 6 heteroatoms. The number of thiophene rings is 1. The van der Waals surface area contributed by atoms with Crippen molar-refractivity contribution in [3.63, 3.8) is 0 Å². The number of hydrogen-bond donors (Lipinski definition) is 2. The minimum absolute atomic E-state index is 0. The number of amides is 1. The minimum Gasteiger partial charge on any atom is -0.350 e. The van der Waals surface area contributed by atoms with Crippen molar-refractivity contribution in [1.82, 2.24) is 5.32 Å². The fourth-order valence-corrected chi connectivity index (χ4v) is 3.62. The van der Waals surface area contributed by atoms with E-state index in [0.29, 0.717) is 6.54 Å². The molecule has 1 amide bonds. The SMILES string of the molecule is Cl.NC1(C(=O)NCc2ccc(Br)s2)CCCCC1. The molecule has 0 bridgehead atoms. The largest absolute Gasteiger partial charge is 0.350 e. The highest BCUT2D eigenvalue weighted by Crippen LogP contribution is 2.26. The first-order valence-corrected chi connectivity index (χ1v) is 7.52. The zero-order chi connectivity index (χ0) is 12.3. The van der Waals surface area contributed by atoms with Crippen molar-refractivity contribution in [2.45, 2.75) is 44.2 Å². The van der Waals surface area contributed by atoms with Gasteiger partial charge in [0.15, 0.2) is 0 Å². The van der Waals surface area contributed by atoms with Gasteiger partial charge in [0.2, 0.25) is 5.91 Å². The molecular formula is C12H18BrClN2OS. The maximum absolute atomic E-state index is 12.1. The topological polar surface area (TPSA) is 55.1 Å². The Balaban J connectivity index is 0.00000162. The van der Waals surface area contributed by atoms with E-state index in [1.165, 1.54) is 6.42 Å². The summed E-state index contributed by atoms with van der Waals surface area (Å²) in [4.78, 5) is 13.2. The highest BCUT2D eigenvalue weighted by atomic mass is 79.9. The Bertz CT molecular complexity index is 405. The summed E-state index contributed by atoms with van der Waals surface area (Å²) in [5.41, 5.74) is 5.52. The maximum Gasteiger partial charge on any atom is 0.240 e. The van der Waals surface area contributed by atoms with Crippen molar-refractivity contribution in [3.05, 3.63) is 20.8 Å². The molecular weight excluding hydrogens is 336 g/mol. The van der Waals surface area contributed by atoms with Gasteiger partial charge < -0.3 is 11.1 Å². The van der Waals surface area contributed by atoms with Crippen LogP contribution < -0.4 is 11.1 Å². The molecule has 102 valence electrons. The molecule has 3 nitrogen and oxygen atoms in total. The van der Waals surface area contributed by atoms with E-state index in [-0.39, 0.29) is 18.3 Å². The number of halogens is 2. The van der Waals surface area contributed by atoms with Crippen LogP contribution in [0, 0.1) is 0 Å². The first kappa shape index (κ1) is 16.0. The average molecular weight is 354 g/mol. The van der Waals surface area contributed by atoms with Gasteiger partial charge in [0, 0.05) is 4.88 Å². The van der Waals surface area contributed by atoms with E-state index in [1.807, 2.05) is 12.1 Å². The molecule has 1 heterocycles.